The first kappa shape index (κ1) is 25.8. The molecule has 4 rings (SSSR count). The number of amides is 1. The summed E-state index contributed by atoms with van der Waals surface area (Å²) in [7, 11) is 6.05. The van der Waals surface area contributed by atoms with Gasteiger partial charge < -0.3 is 25.6 Å². The number of ether oxygens (including phenoxy) is 1. The lowest BCUT2D eigenvalue weighted by Crippen LogP contribution is -2.29. The van der Waals surface area contributed by atoms with Gasteiger partial charge in [0.05, 0.1) is 28.3 Å². The van der Waals surface area contributed by atoms with Gasteiger partial charge in [-0.25, -0.2) is 0 Å². The molecule has 0 fully saturated rings. The van der Waals surface area contributed by atoms with Crippen molar-refractivity contribution in [2.45, 2.75) is 20.0 Å². The molecular formula is C28H35N7O2. The van der Waals surface area contributed by atoms with Gasteiger partial charge in [-0.15, -0.1) is 0 Å². The summed E-state index contributed by atoms with van der Waals surface area (Å²) in [6.07, 6.45) is 5.94. The summed E-state index contributed by atoms with van der Waals surface area (Å²) in [5, 5.41) is 11.3. The molecule has 0 spiro atoms. The van der Waals surface area contributed by atoms with E-state index >= 15 is 0 Å². The minimum atomic E-state index is -0.194. The third-order valence-corrected chi connectivity index (χ3v) is 6.06. The minimum Gasteiger partial charge on any atom is -0.485 e. The number of rotatable bonds is 11. The molecular weight excluding hydrogens is 466 g/mol. The monoisotopic (exact) mass is 501 g/mol. The summed E-state index contributed by atoms with van der Waals surface area (Å²) in [6, 6.07) is 15.8. The van der Waals surface area contributed by atoms with Gasteiger partial charge in [-0.05, 0) is 44.8 Å². The number of likely N-dealkylation sites (N-methyl/N-ethyl adjacent to an activating group) is 2. The summed E-state index contributed by atoms with van der Waals surface area (Å²) in [4.78, 5) is 16.6. The number of nitrogen functional groups attached to an aromatic ring is 1. The Bertz CT molecular complexity index is 1370. The van der Waals surface area contributed by atoms with E-state index in [0.29, 0.717) is 17.1 Å². The number of hydrogen-bond acceptors (Lipinski definition) is 6. The van der Waals surface area contributed by atoms with Crippen LogP contribution in [0.25, 0.3) is 16.7 Å². The highest BCUT2D eigenvalue weighted by Gasteiger charge is 2.17. The van der Waals surface area contributed by atoms with Crippen LogP contribution in [0.3, 0.4) is 0 Å². The van der Waals surface area contributed by atoms with Crippen molar-refractivity contribution in [3.63, 3.8) is 0 Å². The van der Waals surface area contributed by atoms with Crippen LogP contribution < -0.4 is 20.7 Å². The van der Waals surface area contributed by atoms with Crippen molar-refractivity contribution in [1.82, 2.24) is 19.7 Å². The molecule has 194 valence electrons. The first-order valence-electron chi connectivity index (χ1n) is 12.4. The van der Waals surface area contributed by atoms with Gasteiger partial charge >= 0.3 is 0 Å². The summed E-state index contributed by atoms with van der Waals surface area (Å²) in [6.45, 7) is 3.89. The van der Waals surface area contributed by atoms with Gasteiger partial charge in [0.1, 0.15) is 12.4 Å². The molecule has 4 aromatic rings. The molecule has 4 N–H and O–H groups in total. The van der Waals surface area contributed by atoms with Crippen molar-refractivity contribution in [2.24, 2.45) is 0 Å². The van der Waals surface area contributed by atoms with Crippen LogP contribution in [0, 0.1) is 0 Å². The van der Waals surface area contributed by atoms with Crippen molar-refractivity contribution in [3.8, 4) is 11.6 Å². The average molecular weight is 502 g/mol. The lowest BCUT2D eigenvalue weighted by atomic mass is 10.2. The number of carbonyl (C=O) groups is 1. The van der Waals surface area contributed by atoms with E-state index in [-0.39, 0.29) is 12.5 Å². The van der Waals surface area contributed by atoms with Crippen LogP contribution in [0.15, 0.2) is 66.9 Å². The number of H-pyrrole nitrogens is 1. The number of para-hydroxylation sites is 1. The third kappa shape index (κ3) is 6.13. The summed E-state index contributed by atoms with van der Waals surface area (Å²) >= 11 is 0. The molecule has 1 amide bonds. The Morgan fingerprint density at radius 2 is 1.97 bits per heavy atom. The van der Waals surface area contributed by atoms with E-state index in [1.54, 1.807) is 12.3 Å². The second-order valence-corrected chi connectivity index (χ2v) is 9.18. The quantitative estimate of drug-likeness (QED) is 0.208. The van der Waals surface area contributed by atoms with Crippen LogP contribution in [-0.4, -0.2) is 59.8 Å². The summed E-state index contributed by atoms with van der Waals surface area (Å²) in [5.74, 6) is 1.14. The second kappa shape index (κ2) is 11.7. The number of aromatic amines is 1. The van der Waals surface area contributed by atoms with Crippen molar-refractivity contribution in [1.29, 1.82) is 0 Å². The number of fused-ring (bicyclic) bond motifs is 1. The number of carbonyl (C=O) groups excluding carboxylic acids is 1. The average Bonchev–Trinajstić information content (AvgIpc) is 3.53. The number of hydrogen-bond donors (Lipinski definition) is 3. The highest BCUT2D eigenvalue weighted by Crippen LogP contribution is 2.36. The van der Waals surface area contributed by atoms with Crippen LogP contribution in [0.2, 0.25) is 0 Å². The van der Waals surface area contributed by atoms with Crippen molar-refractivity contribution >= 4 is 33.9 Å². The Hall–Kier alpha value is -4.24. The van der Waals surface area contributed by atoms with E-state index in [9.17, 15) is 4.79 Å². The first-order valence-corrected chi connectivity index (χ1v) is 12.4. The summed E-state index contributed by atoms with van der Waals surface area (Å²) in [5.41, 5.74) is 10.3. The molecule has 0 aliphatic rings. The smallest absolute Gasteiger partial charge is 0.248 e. The van der Waals surface area contributed by atoms with Gasteiger partial charge in [-0.3, -0.25) is 14.5 Å². The molecule has 37 heavy (non-hydrogen) atoms. The highest BCUT2D eigenvalue weighted by atomic mass is 16.5. The fraction of sp³-hybridized carbons (Fsp3) is 0.286. The van der Waals surface area contributed by atoms with Crippen molar-refractivity contribution in [2.75, 3.05) is 50.2 Å². The second-order valence-electron chi connectivity index (χ2n) is 9.18. The first-order chi connectivity index (χ1) is 17.9. The number of allylic oxidation sites excluding steroid dienone is 1. The number of benzene rings is 2. The number of nitrogens with zero attached hydrogens (tertiary/aromatic N) is 4. The van der Waals surface area contributed by atoms with Crippen LogP contribution in [-0.2, 0) is 11.4 Å². The van der Waals surface area contributed by atoms with E-state index < -0.39 is 0 Å². The molecule has 0 saturated heterocycles. The zero-order valence-electron chi connectivity index (χ0n) is 21.9. The predicted octanol–water partition coefficient (Wildman–Crippen LogP) is 4.42. The number of nitrogens with one attached hydrogen (secondary N) is 2. The van der Waals surface area contributed by atoms with Gasteiger partial charge in [0, 0.05) is 43.9 Å². The Morgan fingerprint density at radius 1 is 1.16 bits per heavy atom. The van der Waals surface area contributed by atoms with Crippen LogP contribution in [0.1, 0.15) is 19.0 Å². The molecule has 9 heteroatoms. The molecule has 2 aromatic carbocycles. The van der Waals surface area contributed by atoms with E-state index in [1.165, 1.54) is 6.08 Å². The topological polar surface area (TPSA) is 104 Å². The Labute approximate surface area is 217 Å². The lowest BCUT2D eigenvalue weighted by Gasteiger charge is -2.25. The Kier molecular flexibility index (Phi) is 8.15. The Balaban J connectivity index is 1.65. The Morgan fingerprint density at radius 3 is 2.70 bits per heavy atom. The maximum absolute atomic E-state index is 12.4. The fourth-order valence-electron chi connectivity index (χ4n) is 4.11. The largest absolute Gasteiger partial charge is 0.485 e. The third-order valence-electron chi connectivity index (χ3n) is 6.06. The molecule has 0 radical (unpaired) electrons. The van der Waals surface area contributed by atoms with E-state index in [0.717, 1.165) is 47.6 Å². The molecule has 2 aromatic heterocycles. The predicted molar refractivity (Wildman–Crippen MR) is 150 cm³/mol. The number of nitrogens with two attached hydrogens (primary N) is 1. The van der Waals surface area contributed by atoms with Gasteiger partial charge in [-0.2, -0.15) is 5.10 Å². The summed E-state index contributed by atoms with van der Waals surface area (Å²) < 4.78 is 8.36. The zero-order valence-corrected chi connectivity index (χ0v) is 21.9. The van der Waals surface area contributed by atoms with Crippen LogP contribution in [0.5, 0.6) is 5.75 Å². The molecule has 0 bridgehead atoms. The number of aromatic nitrogens is 3. The molecule has 0 aliphatic heterocycles. The SMILES string of the molecule is CC/C=C/C(=O)Nc1cc(N)c(OCc2cc3ccccc3n2-c2cc[nH]n2)cc1N(C)CCN(C)C. The lowest BCUT2D eigenvalue weighted by molar-refractivity contribution is -0.111. The van der Waals surface area contributed by atoms with Gasteiger partial charge in [-0.1, -0.05) is 31.2 Å². The molecule has 0 unspecified atom stereocenters. The molecule has 0 atom stereocenters. The van der Waals surface area contributed by atoms with Gasteiger partial charge in [0.25, 0.3) is 0 Å². The zero-order chi connectivity index (χ0) is 26.4. The van der Waals surface area contributed by atoms with Crippen LogP contribution >= 0.6 is 0 Å². The normalized spacial score (nSPS) is 11.5. The van der Waals surface area contributed by atoms with Crippen molar-refractivity contribution < 1.29 is 9.53 Å². The highest BCUT2D eigenvalue weighted by molar-refractivity contribution is 6.02. The fourth-order valence-corrected chi connectivity index (χ4v) is 4.11. The van der Waals surface area contributed by atoms with Crippen molar-refractivity contribution in [3.05, 3.63) is 72.6 Å². The molecule has 0 saturated carbocycles. The molecule has 0 aliphatic carbocycles. The number of anilines is 3. The molecule has 9 nitrogen and oxygen atoms in total. The van der Waals surface area contributed by atoms with Crippen LogP contribution in [0.4, 0.5) is 17.1 Å². The van der Waals surface area contributed by atoms with E-state index in [1.807, 2.05) is 58.4 Å². The van der Waals surface area contributed by atoms with E-state index in [2.05, 4.69) is 48.1 Å². The van der Waals surface area contributed by atoms with Gasteiger partial charge in [0.15, 0.2) is 5.82 Å². The molecule has 2 heterocycles. The van der Waals surface area contributed by atoms with Gasteiger partial charge in [0.2, 0.25) is 5.91 Å². The minimum absolute atomic E-state index is 0.194. The maximum atomic E-state index is 12.4. The van der Waals surface area contributed by atoms with E-state index in [4.69, 9.17) is 10.5 Å². The maximum Gasteiger partial charge on any atom is 0.248 e. The standard InChI is InChI=1S/C28H35N7O2/c1-5-6-11-28(36)31-23-17-22(29)26(18-25(23)34(4)15-14-33(2)3)37-19-21-16-20-9-7-8-10-24(20)35(21)27-12-13-30-32-27/h6-13,16-18H,5,14-15,19,29H2,1-4H3,(H,30,32)(H,31,36)/b11-6+.